The van der Waals surface area contributed by atoms with Gasteiger partial charge in [-0.05, 0) is 13.0 Å². The van der Waals surface area contributed by atoms with E-state index in [1.54, 1.807) is 6.92 Å². The number of aliphatic hydroxyl groups is 1. The second-order valence-electron chi connectivity index (χ2n) is 2.87. The Bertz CT molecular complexity index is 361. The maximum Gasteiger partial charge on any atom is 0.339 e. The number of rotatable bonds is 3. The predicted octanol–water partition coefficient (Wildman–Crippen LogP) is 0.694. The average molecular weight is 212 g/mol. The molecular formula is C10H12O5. The van der Waals surface area contributed by atoms with Crippen LogP contribution < -0.4 is 0 Å². The Morgan fingerprint density at radius 3 is 2.73 bits per heavy atom. The number of ether oxygens (including phenoxy) is 1. The molecule has 0 bridgehead atoms. The monoisotopic (exact) mass is 212 g/mol. The summed E-state index contributed by atoms with van der Waals surface area (Å²) < 4.78 is 4.57. The molecule has 0 saturated heterocycles. The second kappa shape index (κ2) is 4.65. The van der Waals surface area contributed by atoms with Crippen molar-refractivity contribution in [2.45, 2.75) is 13.0 Å². The molecule has 0 fully saturated rings. The summed E-state index contributed by atoms with van der Waals surface area (Å²) in [6.07, 6.45) is -1.59. The third-order valence-corrected chi connectivity index (χ3v) is 1.85. The minimum atomic E-state index is -1.59. The van der Waals surface area contributed by atoms with Crippen LogP contribution >= 0.6 is 0 Å². The van der Waals surface area contributed by atoms with Gasteiger partial charge >= 0.3 is 5.97 Å². The Labute approximate surface area is 86.5 Å². The first-order valence-electron chi connectivity index (χ1n) is 4.43. The fourth-order valence-corrected chi connectivity index (χ4v) is 1.12. The van der Waals surface area contributed by atoms with Gasteiger partial charge in [-0.2, -0.15) is 0 Å². The SMILES string of the molecule is CCOC(=O)C(O)c1cccc(O)c1O. The van der Waals surface area contributed by atoms with Crippen LogP contribution in [0.2, 0.25) is 0 Å². The topological polar surface area (TPSA) is 87.0 Å². The summed E-state index contributed by atoms with van der Waals surface area (Å²) in [6, 6.07) is 3.99. The minimum absolute atomic E-state index is 0.0755. The molecule has 0 aliphatic heterocycles. The molecule has 3 N–H and O–H groups in total. The molecule has 5 nitrogen and oxygen atoms in total. The second-order valence-corrected chi connectivity index (χ2v) is 2.87. The molecule has 15 heavy (non-hydrogen) atoms. The largest absolute Gasteiger partial charge is 0.504 e. The molecule has 0 saturated carbocycles. The van der Waals surface area contributed by atoms with Crippen molar-refractivity contribution in [1.29, 1.82) is 0 Å². The highest BCUT2D eigenvalue weighted by Gasteiger charge is 2.22. The third-order valence-electron chi connectivity index (χ3n) is 1.85. The number of esters is 1. The van der Waals surface area contributed by atoms with Crippen LogP contribution in [0.4, 0.5) is 0 Å². The van der Waals surface area contributed by atoms with E-state index in [1.807, 2.05) is 0 Å². The van der Waals surface area contributed by atoms with E-state index in [1.165, 1.54) is 18.2 Å². The van der Waals surface area contributed by atoms with Gasteiger partial charge in [0.1, 0.15) is 0 Å². The van der Waals surface area contributed by atoms with Crippen LogP contribution in [0.15, 0.2) is 18.2 Å². The molecule has 5 heteroatoms. The summed E-state index contributed by atoms with van der Waals surface area (Å²) in [5, 5.41) is 28.0. The van der Waals surface area contributed by atoms with E-state index in [-0.39, 0.29) is 12.2 Å². The number of carbonyl (C=O) groups is 1. The zero-order valence-corrected chi connectivity index (χ0v) is 8.17. The number of hydrogen-bond donors (Lipinski definition) is 3. The van der Waals surface area contributed by atoms with Crippen LogP contribution in [0.25, 0.3) is 0 Å². The summed E-state index contributed by atoms with van der Waals surface area (Å²) in [4.78, 5) is 11.1. The molecule has 0 amide bonds. The summed E-state index contributed by atoms with van der Waals surface area (Å²) in [7, 11) is 0. The first-order chi connectivity index (χ1) is 7.07. The number of hydrogen-bond acceptors (Lipinski definition) is 5. The molecule has 0 aliphatic rings. The van der Waals surface area contributed by atoms with Gasteiger partial charge in [-0.1, -0.05) is 12.1 Å². The zero-order chi connectivity index (χ0) is 11.4. The van der Waals surface area contributed by atoms with Crippen LogP contribution in [0, 0.1) is 0 Å². The lowest BCUT2D eigenvalue weighted by Gasteiger charge is -2.11. The van der Waals surface area contributed by atoms with Crippen molar-refractivity contribution in [3.8, 4) is 11.5 Å². The van der Waals surface area contributed by atoms with Gasteiger partial charge in [0.05, 0.1) is 6.61 Å². The molecule has 0 aliphatic carbocycles. The molecule has 1 aromatic rings. The molecule has 1 atom stereocenters. The fourth-order valence-electron chi connectivity index (χ4n) is 1.12. The lowest BCUT2D eigenvalue weighted by Crippen LogP contribution is -2.15. The zero-order valence-electron chi connectivity index (χ0n) is 8.17. The number of benzene rings is 1. The number of para-hydroxylation sites is 1. The average Bonchev–Trinajstić information content (AvgIpc) is 2.21. The van der Waals surface area contributed by atoms with Gasteiger partial charge in [-0.15, -0.1) is 0 Å². The standard InChI is InChI=1S/C10H12O5/c1-2-15-10(14)9(13)6-4-3-5-7(11)8(6)12/h3-5,9,11-13H,2H2,1H3. The number of carbonyl (C=O) groups excluding carboxylic acids is 1. The van der Waals surface area contributed by atoms with Gasteiger partial charge in [0.25, 0.3) is 0 Å². The number of phenolic OH excluding ortho intramolecular Hbond substituents is 2. The Kier molecular flexibility index (Phi) is 3.51. The van der Waals surface area contributed by atoms with Crippen molar-refractivity contribution in [1.82, 2.24) is 0 Å². The Hall–Kier alpha value is -1.75. The molecule has 0 aromatic heterocycles. The number of aliphatic hydroxyl groups excluding tert-OH is 1. The van der Waals surface area contributed by atoms with Gasteiger partial charge in [-0.3, -0.25) is 0 Å². The minimum Gasteiger partial charge on any atom is -0.504 e. The lowest BCUT2D eigenvalue weighted by atomic mass is 10.1. The summed E-state index contributed by atoms with van der Waals surface area (Å²) in [5.41, 5.74) is -0.0755. The van der Waals surface area contributed by atoms with E-state index in [9.17, 15) is 15.0 Å². The van der Waals surface area contributed by atoms with Gasteiger partial charge in [0.15, 0.2) is 17.6 Å². The van der Waals surface area contributed by atoms with Crippen molar-refractivity contribution in [3.05, 3.63) is 23.8 Å². The van der Waals surface area contributed by atoms with Gasteiger partial charge in [0.2, 0.25) is 0 Å². The van der Waals surface area contributed by atoms with Gasteiger partial charge in [-0.25, -0.2) is 4.79 Å². The summed E-state index contributed by atoms with van der Waals surface area (Å²) in [6.45, 7) is 1.74. The molecule has 1 rings (SSSR count). The molecule has 82 valence electrons. The normalized spacial score (nSPS) is 12.1. The third kappa shape index (κ3) is 2.38. The molecule has 0 heterocycles. The summed E-state index contributed by atoms with van der Waals surface area (Å²) in [5.74, 6) is -1.77. The van der Waals surface area contributed by atoms with Crippen molar-refractivity contribution in [2.24, 2.45) is 0 Å². The van der Waals surface area contributed by atoms with Crippen LogP contribution in [0.1, 0.15) is 18.6 Å². The maximum absolute atomic E-state index is 11.1. The van der Waals surface area contributed by atoms with Crippen molar-refractivity contribution in [3.63, 3.8) is 0 Å². The highest BCUT2D eigenvalue weighted by molar-refractivity contribution is 5.77. The van der Waals surface area contributed by atoms with Gasteiger partial charge in [0, 0.05) is 5.56 Å². The van der Waals surface area contributed by atoms with Crippen molar-refractivity contribution >= 4 is 5.97 Å². The van der Waals surface area contributed by atoms with Crippen LogP contribution in [-0.2, 0) is 9.53 Å². The van der Waals surface area contributed by atoms with Gasteiger partial charge < -0.3 is 20.1 Å². The van der Waals surface area contributed by atoms with E-state index in [2.05, 4.69) is 4.74 Å². The van der Waals surface area contributed by atoms with Crippen molar-refractivity contribution in [2.75, 3.05) is 6.61 Å². The lowest BCUT2D eigenvalue weighted by molar-refractivity contribution is -0.153. The number of phenols is 2. The molecule has 1 unspecified atom stereocenters. The summed E-state index contributed by atoms with van der Waals surface area (Å²) >= 11 is 0. The van der Waals surface area contributed by atoms with Crippen molar-refractivity contribution < 1.29 is 24.9 Å². The molecule has 0 radical (unpaired) electrons. The van der Waals surface area contributed by atoms with E-state index >= 15 is 0 Å². The highest BCUT2D eigenvalue weighted by atomic mass is 16.5. The first kappa shape index (κ1) is 11.3. The van der Waals surface area contributed by atoms with E-state index in [0.717, 1.165) is 0 Å². The maximum atomic E-state index is 11.1. The number of aromatic hydroxyl groups is 2. The van der Waals surface area contributed by atoms with E-state index < -0.39 is 23.6 Å². The van der Waals surface area contributed by atoms with Crippen LogP contribution in [0.3, 0.4) is 0 Å². The predicted molar refractivity (Wildman–Crippen MR) is 51.4 cm³/mol. The molecule has 1 aromatic carbocycles. The Morgan fingerprint density at radius 2 is 2.13 bits per heavy atom. The first-order valence-corrected chi connectivity index (χ1v) is 4.43. The fraction of sp³-hybridized carbons (Fsp3) is 0.300. The van der Waals surface area contributed by atoms with E-state index in [4.69, 9.17) is 5.11 Å². The Balaban J connectivity index is 2.96. The van der Waals surface area contributed by atoms with Crippen LogP contribution in [-0.4, -0.2) is 27.9 Å². The van der Waals surface area contributed by atoms with Crippen LogP contribution in [0.5, 0.6) is 11.5 Å². The molecular weight excluding hydrogens is 200 g/mol. The quantitative estimate of drug-likeness (QED) is 0.507. The molecule has 0 spiro atoms. The smallest absolute Gasteiger partial charge is 0.339 e. The highest BCUT2D eigenvalue weighted by Crippen LogP contribution is 2.32. The Morgan fingerprint density at radius 1 is 1.47 bits per heavy atom. The van der Waals surface area contributed by atoms with E-state index in [0.29, 0.717) is 0 Å².